The molecule has 6 nitrogen and oxygen atoms in total. The second-order valence-electron chi connectivity index (χ2n) is 7.13. The fourth-order valence-electron chi connectivity index (χ4n) is 3.47. The van der Waals surface area contributed by atoms with Crippen LogP contribution in [0, 0.1) is 0 Å². The lowest BCUT2D eigenvalue weighted by atomic mass is 10.1. The summed E-state index contributed by atoms with van der Waals surface area (Å²) in [6.45, 7) is 3.60. The molecule has 152 valence electrons. The minimum absolute atomic E-state index is 0.113. The topological polar surface area (TPSA) is 66.9 Å². The van der Waals surface area contributed by atoms with E-state index < -0.39 is 5.97 Å². The van der Waals surface area contributed by atoms with Crippen molar-refractivity contribution in [2.24, 2.45) is 0 Å². The van der Waals surface area contributed by atoms with E-state index in [1.807, 2.05) is 35.2 Å². The highest BCUT2D eigenvalue weighted by Gasteiger charge is 2.23. The number of carbonyl (C=O) groups excluding carboxylic acids is 3. The minimum atomic E-state index is -0.422. The van der Waals surface area contributed by atoms with Gasteiger partial charge in [-0.15, -0.1) is 0 Å². The SMILES string of the molecule is CC(=O)Oc1cccc(C(=O)N2CCCN(C(=O)CCc3ccccc3)CC2)c1. The molecule has 0 atom stereocenters. The van der Waals surface area contributed by atoms with E-state index in [9.17, 15) is 14.4 Å². The average molecular weight is 394 g/mol. The molecule has 2 aromatic carbocycles. The van der Waals surface area contributed by atoms with Gasteiger partial charge in [-0.2, -0.15) is 0 Å². The molecule has 2 aromatic rings. The van der Waals surface area contributed by atoms with Crippen LogP contribution in [0.25, 0.3) is 0 Å². The van der Waals surface area contributed by atoms with E-state index >= 15 is 0 Å². The minimum Gasteiger partial charge on any atom is -0.427 e. The molecule has 0 aromatic heterocycles. The van der Waals surface area contributed by atoms with Crippen LogP contribution in [0.15, 0.2) is 54.6 Å². The summed E-state index contributed by atoms with van der Waals surface area (Å²) < 4.78 is 5.07. The number of carbonyl (C=O) groups is 3. The van der Waals surface area contributed by atoms with Crippen LogP contribution in [0.1, 0.15) is 35.7 Å². The Bertz CT molecular complexity index is 866. The van der Waals surface area contributed by atoms with Crippen molar-refractivity contribution in [3.8, 4) is 5.75 Å². The summed E-state index contributed by atoms with van der Waals surface area (Å²) in [6.07, 6.45) is 1.94. The van der Waals surface area contributed by atoms with E-state index in [0.29, 0.717) is 43.9 Å². The summed E-state index contributed by atoms with van der Waals surface area (Å²) in [5, 5.41) is 0. The molecule has 1 saturated heterocycles. The largest absolute Gasteiger partial charge is 0.427 e. The Labute approximate surface area is 171 Å². The van der Waals surface area contributed by atoms with Gasteiger partial charge in [-0.1, -0.05) is 36.4 Å². The highest BCUT2D eigenvalue weighted by molar-refractivity contribution is 5.94. The first-order valence-electron chi connectivity index (χ1n) is 9.92. The van der Waals surface area contributed by atoms with Crippen molar-refractivity contribution in [3.05, 3.63) is 65.7 Å². The predicted molar refractivity (Wildman–Crippen MR) is 110 cm³/mol. The van der Waals surface area contributed by atoms with Gasteiger partial charge in [0.2, 0.25) is 5.91 Å². The molecule has 0 spiro atoms. The number of aryl methyl sites for hydroxylation is 1. The molecule has 1 aliphatic heterocycles. The average Bonchev–Trinajstić information content (AvgIpc) is 2.98. The van der Waals surface area contributed by atoms with Crippen LogP contribution in [0.2, 0.25) is 0 Å². The number of nitrogens with zero attached hydrogens (tertiary/aromatic N) is 2. The molecule has 6 heteroatoms. The Kier molecular flexibility index (Phi) is 7.00. The zero-order valence-electron chi connectivity index (χ0n) is 16.7. The molecule has 1 heterocycles. The van der Waals surface area contributed by atoms with E-state index in [0.717, 1.165) is 18.4 Å². The molecular weight excluding hydrogens is 368 g/mol. The fraction of sp³-hybridized carbons (Fsp3) is 0.348. The Hall–Kier alpha value is -3.15. The van der Waals surface area contributed by atoms with Gasteiger partial charge >= 0.3 is 5.97 Å². The third-order valence-electron chi connectivity index (χ3n) is 4.95. The lowest BCUT2D eigenvalue weighted by molar-refractivity contribution is -0.132. The standard InChI is InChI=1S/C23H26N2O4/c1-18(26)29-21-10-5-9-20(17-21)23(28)25-14-6-13-24(15-16-25)22(27)12-11-19-7-3-2-4-8-19/h2-5,7-10,17H,6,11-16H2,1H3. The van der Waals surface area contributed by atoms with Crippen LogP contribution in [-0.4, -0.2) is 53.8 Å². The van der Waals surface area contributed by atoms with Gasteiger partial charge in [0.1, 0.15) is 5.75 Å². The van der Waals surface area contributed by atoms with Crippen LogP contribution in [0.3, 0.4) is 0 Å². The molecule has 3 rings (SSSR count). The van der Waals surface area contributed by atoms with Gasteiger partial charge in [-0.3, -0.25) is 14.4 Å². The quantitative estimate of drug-likeness (QED) is 0.578. The van der Waals surface area contributed by atoms with Crippen molar-refractivity contribution >= 4 is 17.8 Å². The van der Waals surface area contributed by atoms with Crippen LogP contribution < -0.4 is 4.74 Å². The summed E-state index contributed by atoms with van der Waals surface area (Å²) in [5.41, 5.74) is 1.63. The van der Waals surface area contributed by atoms with E-state index in [4.69, 9.17) is 4.74 Å². The maximum atomic E-state index is 12.9. The molecule has 0 radical (unpaired) electrons. The maximum Gasteiger partial charge on any atom is 0.308 e. The van der Waals surface area contributed by atoms with Gasteiger partial charge in [-0.25, -0.2) is 0 Å². The fourth-order valence-corrected chi connectivity index (χ4v) is 3.47. The zero-order chi connectivity index (χ0) is 20.6. The Morgan fingerprint density at radius 2 is 1.62 bits per heavy atom. The molecule has 0 bridgehead atoms. The van der Waals surface area contributed by atoms with Crippen molar-refractivity contribution in [1.82, 2.24) is 9.80 Å². The monoisotopic (exact) mass is 394 g/mol. The highest BCUT2D eigenvalue weighted by Crippen LogP contribution is 2.17. The van der Waals surface area contributed by atoms with Crippen LogP contribution in [0.5, 0.6) is 5.75 Å². The van der Waals surface area contributed by atoms with E-state index in [2.05, 4.69) is 0 Å². The van der Waals surface area contributed by atoms with E-state index in [-0.39, 0.29) is 11.8 Å². The van der Waals surface area contributed by atoms with Crippen molar-refractivity contribution < 1.29 is 19.1 Å². The Balaban J connectivity index is 1.55. The molecule has 0 N–H and O–H groups in total. The number of ether oxygens (including phenoxy) is 1. The van der Waals surface area contributed by atoms with Crippen LogP contribution >= 0.6 is 0 Å². The van der Waals surface area contributed by atoms with Gasteiger partial charge in [0.15, 0.2) is 0 Å². The summed E-state index contributed by atoms with van der Waals surface area (Å²) in [4.78, 5) is 40.2. The van der Waals surface area contributed by atoms with Crippen LogP contribution in [-0.2, 0) is 16.0 Å². The third-order valence-corrected chi connectivity index (χ3v) is 4.95. The second kappa shape index (κ2) is 9.87. The summed E-state index contributed by atoms with van der Waals surface area (Å²) in [6, 6.07) is 16.6. The lowest BCUT2D eigenvalue weighted by Crippen LogP contribution is -2.37. The van der Waals surface area contributed by atoms with Crippen LogP contribution in [0.4, 0.5) is 0 Å². The Morgan fingerprint density at radius 1 is 0.897 bits per heavy atom. The van der Waals surface area contributed by atoms with Gasteiger partial charge in [0.05, 0.1) is 0 Å². The number of amides is 2. The summed E-state index contributed by atoms with van der Waals surface area (Å²) in [5.74, 6) is -0.0532. The van der Waals surface area contributed by atoms with Gasteiger partial charge in [0.25, 0.3) is 5.91 Å². The molecule has 1 aliphatic rings. The Morgan fingerprint density at radius 3 is 2.38 bits per heavy atom. The molecule has 1 fully saturated rings. The smallest absolute Gasteiger partial charge is 0.308 e. The van der Waals surface area contributed by atoms with Crippen molar-refractivity contribution in [3.63, 3.8) is 0 Å². The zero-order valence-corrected chi connectivity index (χ0v) is 16.7. The molecular formula is C23H26N2O4. The van der Waals surface area contributed by atoms with Crippen molar-refractivity contribution in [1.29, 1.82) is 0 Å². The van der Waals surface area contributed by atoms with Gasteiger partial charge < -0.3 is 14.5 Å². The van der Waals surface area contributed by atoms with E-state index in [1.54, 1.807) is 29.2 Å². The second-order valence-corrected chi connectivity index (χ2v) is 7.13. The molecule has 29 heavy (non-hydrogen) atoms. The number of benzene rings is 2. The van der Waals surface area contributed by atoms with E-state index in [1.165, 1.54) is 6.92 Å². The summed E-state index contributed by atoms with van der Waals surface area (Å²) >= 11 is 0. The number of hydrogen-bond acceptors (Lipinski definition) is 4. The molecule has 0 aliphatic carbocycles. The molecule has 0 unspecified atom stereocenters. The summed E-state index contributed by atoms with van der Waals surface area (Å²) in [7, 11) is 0. The van der Waals surface area contributed by atoms with Gasteiger partial charge in [-0.05, 0) is 36.6 Å². The molecule has 0 saturated carbocycles. The lowest BCUT2D eigenvalue weighted by Gasteiger charge is -2.22. The first-order chi connectivity index (χ1) is 14.0. The normalized spacial score (nSPS) is 14.2. The van der Waals surface area contributed by atoms with Crippen molar-refractivity contribution in [2.75, 3.05) is 26.2 Å². The predicted octanol–water partition coefficient (Wildman–Crippen LogP) is 2.92. The first kappa shape index (κ1) is 20.6. The first-order valence-corrected chi connectivity index (χ1v) is 9.92. The number of esters is 1. The maximum absolute atomic E-state index is 12.9. The molecule has 2 amide bonds. The highest BCUT2D eigenvalue weighted by atomic mass is 16.5. The number of hydrogen-bond donors (Lipinski definition) is 0. The van der Waals surface area contributed by atoms with Gasteiger partial charge in [0, 0.05) is 45.1 Å². The van der Waals surface area contributed by atoms with Crippen molar-refractivity contribution in [2.45, 2.75) is 26.2 Å². The number of rotatable bonds is 5. The third kappa shape index (κ3) is 5.91.